The Morgan fingerprint density at radius 1 is 1.00 bits per heavy atom. The van der Waals surface area contributed by atoms with Crippen molar-refractivity contribution >= 4 is 23.2 Å². The molecule has 0 N–H and O–H groups in total. The SMILES string of the molecule is FC(F)Oc1cc(OC(F)(F)F)c(Cl)cc1Cl. The Morgan fingerprint density at radius 2 is 1.53 bits per heavy atom. The van der Waals surface area contributed by atoms with Crippen LogP contribution in [0, 0.1) is 0 Å². The van der Waals surface area contributed by atoms with E-state index >= 15 is 0 Å². The van der Waals surface area contributed by atoms with Crippen molar-refractivity contribution in [3.05, 3.63) is 22.2 Å². The van der Waals surface area contributed by atoms with E-state index in [9.17, 15) is 22.0 Å². The zero-order valence-corrected chi connectivity index (χ0v) is 9.21. The van der Waals surface area contributed by atoms with Crippen LogP contribution in [0.25, 0.3) is 0 Å². The Kier molecular flexibility index (Phi) is 4.26. The average molecular weight is 297 g/mol. The van der Waals surface area contributed by atoms with E-state index < -0.39 is 29.5 Å². The summed E-state index contributed by atoms with van der Waals surface area (Å²) in [6.45, 7) is -3.23. The third-order valence-corrected chi connectivity index (χ3v) is 2.02. The molecule has 0 bridgehead atoms. The van der Waals surface area contributed by atoms with Gasteiger partial charge in [-0.25, -0.2) is 0 Å². The highest BCUT2D eigenvalue weighted by Gasteiger charge is 2.32. The lowest BCUT2D eigenvalue weighted by atomic mass is 10.3. The molecular formula is C8H3Cl2F5O2. The summed E-state index contributed by atoms with van der Waals surface area (Å²) in [5.41, 5.74) is 0. The molecule has 1 rings (SSSR count). The number of halogens is 7. The number of benzene rings is 1. The molecular weight excluding hydrogens is 294 g/mol. The van der Waals surface area contributed by atoms with Gasteiger partial charge in [0.15, 0.2) is 5.75 Å². The van der Waals surface area contributed by atoms with Crippen molar-refractivity contribution in [1.82, 2.24) is 0 Å². The van der Waals surface area contributed by atoms with E-state index in [1.807, 2.05) is 0 Å². The number of hydrogen-bond donors (Lipinski definition) is 0. The van der Waals surface area contributed by atoms with Crippen LogP contribution in [0.2, 0.25) is 10.0 Å². The smallest absolute Gasteiger partial charge is 0.433 e. The molecule has 0 fully saturated rings. The Hall–Kier alpha value is -0.950. The fraction of sp³-hybridized carbons (Fsp3) is 0.250. The molecule has 0 spiro atoms. The van der Waals surface area contributed by atoms with Crippen LogP contribution in [-0.4, -0.2) is 13.0 Å². The largest absolute Gasteiger partial charge is 0.573 e. The molecule has 0 saturated heterocycles. The molecule has 17 heavy (non-hydrogen) atoms. The minimum atomic E-state index is -5.00. The number of ether oxygens (including phenoxy) is 2. The van der Waals surface area contributed by atoms with Crippen molar-refractivity contribution in [3.8, 4) is 11.5 Å². The van der Waals surface area contributed by atoms with Gasteiger partial charge in [-0.2, -0.15) is 8.78 Å². The fourth-order valence-corrected chi connectivity index (χ4v) is 1.37. The van der Waals surface area contributed by atoms with Crippen LogP contribution >= 0.6 is 23.2 Å². The van der Waals surface area contributed by atoms with E-state index in [-0.39, 0.29) is 5.02 Å². The second-order valence-electron chi connectivity index (χ2n) is 2.64. The van der Waals surface area contributed by atoms with Crippen molar-refractivity contribution in [3.63, 3.8) is 0 Å². The summed E-state index contributed by atoms with van der Waals surface area (Å²) in [6.07, 6.45) is -5.00. The molecule has 0 aliphatic carbocycles. The molecule has 0 aromatic heterocycles. The summed E-state index contributed by atoms with van der Waals surface area (Å²) in [7, 11) is 0. The van der Waals surface area contributed by atoms with Gasteiger partial charge in [-0.15, -0.1) is 13.2 Å². The van der Waals surface area contributed by atoms with Crippen molar-refractivity contribution in [1.29, 1.82) is 0 Å². The van der Waals surface area contributed by atoms with E-state index in [0.29, 0.717) is 6.07 Å². The Balaban J connectivity index is 3.06. The maximum Gasteiger partial charge on any atom is 0.573 e. The lowest BCUT2D eigenvalue weighted by molar-refractivity contribution is -0.274. The molecule has 0 aliphatic rings. The number of rotatable bonds is 3. The highest BCUT2D eigenvalue weighted by atomic mass is 35.5. The van der Waals surface area contributed by atoms with Gasteiger partial charge in [0, 0.05) is 6.07 Å². The molecule has 0 radical (unpaired) electrons. The Labute approximate surface area is 102 Å². The molecule has 0 aliphatic heterocycles. The fourth-order valence-electron chi connectivity index (χ4n) is 0.900. The van der Waals surface area contributed by atoms with E-state index in [4.69, 9.17) is 23.2 Å². The summed E-state index contributed by atoms with van der Waals surface area (Å²) in [6, 6.07) is 1.34. The van der Waals surface area contributed by atoms with Crippen molar-refractivity contribution in [2.75, 3.05) is 0 Å². The lowest BCUT2D eigenvalue weighted by Crippen LogP contribution is -2.17. The summed E-state index contributed by atoms with van der Waals surface area (Å²) < 4.78 is 66.9. The molecule has 1 aromatic rings. The van der Waals surface area contributed by atoms with Gasteiger partial charge in [-0.05, 0) is 6.07 Å². The van der Waals surface area contributed by atoms with Crippen molar-refractivity contribution in [2.24, 2.45) is 0 Å². The quantitative estimate of drug-likeness (QED) is 0.765. The van der Waals surface area contributed by atoms with Crippen LogP contribution in [0.15, 0.2) is 12.1 Å². The van der Waals surface area contributed by atoms with Crippen LogP contribution in [-0.2, 0) is 0 Å². The van der Waals surface area contributed by atoms with Gasteiger partial charge in [0.05, 0.1) is 10.0 Å². The first-order valence-corrected chi connectivity index (χ1v) is 4.64. The second kappa shape index (κ2) is 5.14. The topological polar surface area (TPSA) is 18.5 Å². The van der Waals surface area contributed by atoms with Gasteiger partial charge in [0.1, 0.15) is 5.75 Å². The standard InChI is InChI=1S/C8H3Cl2F5O2/c9-3-1-4(10)6(17-8(13,14)15)2-5(3)16-7(11)12/h1-2,7H. The second-order valence-corrected chi connectivity index (χ2v) is 3.45. The third-order valence-electron chi connectivity index (χ3n) is 1.43. The molecule has 0 heterocycles. The molecule has 9 heteroatoms. The Morgan fingerprint density at radius 3 is 2.00 bits per heavy atom. The summed E-state index contributed by atoms with van der Waals surface area (Å²) in [4.78, 5) is 0. The lowest BCUT2D eigenvalue weighted by Gasteiger charge is -2.13. The van der Waals surface area contributed by atoms with Gasteiger partial charge in [-0.1, -0.05) is 23.2 Å². The zero-order valence-electron chi connectivity index (χ0n) is 7.69. The summed E-state index contributed by atoms with van der Waals surface area (Å²) >= 11 is 10.8. The van der Waals surface area contributed by atoms with E-state index in [2.05, 4.69) is 9.47 Å². The molecule has 2 nitrogen and oxygen atoms in total. The average Bonchev–Trinajstić information content (AvgIpc) is 2.10. The number of alkyl halides is 5. The molecule has 0 amide bonds. The van der Waals surface area contributed by atoms with Gasteiger partial charge in [0.2, 0.25) is 0 Å². The van der Waals surface area contributed by atoms with Gasteiger partial charge >= 0.3 is 13.0 Å². The minimum absolute atomic E-state index is 0.357. The normalized spacial score (nSPS) is 11.8. The van der Waals surface area contributed by atoms with Gasteiger partial charge < -0.3 is 9.47 Å². The van der Waals surface area contributed by atoms with Crippen LogP contribution in [0.4, 0.5) is 22.0 Å². The van der Waals surface area contributed by atoms with E-state index in [0.717, 1.165) is 6.07 Å². The van der Waals surface area contributed by atoms with Crippen molar-refractivity contribution in [2.45, 2.75) is 13.0 Å². The first-order valence-electron chi connectivity index (χ1n) is 3.88. The molecule has 0 atom stereocenters. The van der Waals surface area contributed by atoms with Crippen LogP contribution in [0.3, 0.4) is 0 Å². The molecule has 0 unspecified atom stereocenters. The Bertz CT molecular complexity index is 408. The zero-order chi connectivity index (χ0) is 13.2. The van der Waals surface area contributed by atoms with E-state index in [1.165, 1.54) is 0 Å². The first kappa shape index (κ1) is 14.1. The van der Waals surface area contributed by atoms with E-state index in [1.54, 1.807) is 0 Å². The van der Waals surface area contributed by atoms with Gasteiger partial charge in [-0.3, -0.25) is 0 Å². The maximum atomic E-state index is 11.9. The minimum Gasteiger partial charge on any atom is -0.433 e. The highest BCUT2D eigenvalue weighted by molar-refractivity contribution is 6.36. The summed E-state index contributed by atoms with van der Waals surface area (Å²) in [5.74, 6) is -1.54. The molecule has 0 saturated carbocycles. The third kappa shape index (κ3) is 4.43. The van der Waals surface area contributed by atoms with Crippen LogP contribution in [0.1, 0.15) is 0 Å². The predicted octanol–water partition coefficient (Wildman–Crippen LogP) is 4.49. The first-order chi connectivity index (χ1) is 7.69. The monoisotopic (exact) mass is 296 g/mol. The maximum absolute atomic E-state index is 11.9. The predicted molar refractivity (Wildman–Crippen MR) is 49.8 cm³/mol. The number of hydrogen-bond acceptors (Lipinski definition) is 2. The van der Waals surface area contributed by atoms with Crippen LogP contribution in [0.5, 0.6) is 11.5 Å². The highest BCUT2D eigenvalue weighted by Crippen LogP contribution is 2.38. The van der Waals surface area contributed by atoms with Crippen molar-refractivity contribution < 1.29 is 31.4 Å². The molecule has 96 valence electrons. The van der Waals surface area contributed by atoms with Gasteiger partial charge in [0.25, 0.3) is 0 Å². The van der Waals surface area contributed by atoms with Crippen LogP contribution < -0.4 is 9.47 Å². The summed E-state index contributed by atoms with van der Waals surface area (Å²) in [5, 5.41) is -0.834. The molecule has 1 aromatic carbocycles.